The fourth-order valence-electron chi connectivity index (χ4n) is 2.62. The first-order valence-corrected chi connectivity index (χ1v) is 7.14. The number of benzene rings is 3. The highest BCUT2D eigenvalue weighted by Crippen LogP contribution is 2.37. The standard InChI is InChI=1S/C19H16N2O/c20-10-11-22-18-9-7-16-12-14(13-21)6-8-17(16)19(18)15-4-2-1-3-5-15/h1-9,12H,11,13,21H2. The second kappa shape index (κ2) is 6.30. The quantitative estimate of drug-likeness (QED) is 0.792. The molecule has 0 aliphatic heterocycles. The minimum atomic E-state index is 0.0340. The number of nitrogens with two attached hydrogens (primary N) is 1. The molecular formula is C19H16N2O. The summed E-state index contributed by atoms with van der Waals surface area (Å²) in [6, 6.07) is 22.2. The van der Waals surface area contributed by atoms with Gasteiger partial charge < -0.3 is 10.5 Å². The normalized spacial score (nSPS) is 10.4. The number of rotatable bonds is 4. The number of hydrogen-bond donors (Lipinski definition) is 1. The molecule has 0 fully saturated rings. The molecule has 0 saturated carbocycles. The van der Waals surface area contributed by atoms with Crippen LogP contribution >= 0.6 is 0 Å². The fourth-order valence-corrected chi connectivity index (χ4v) is 2.62. The summed E-state index contributed by atoms with van der Waals surface area (Å²) in [5.41, 5.74) is 8.90. The van der Waals surface area contributed by atoms with Gasteiger partial charge in [0.2, 0.25) is 0 Å². The molecule has 0 spiro atoms. The molecule has 3 nitrogen and oxygen atoms in total. The number of nitriles is 1. The highest BCUT2D eigenvalue weighted by atomic mass is 16.5. The van der Waals surface area contributed by atoms with Crippen LogP contribution in [0.5, 0.6) is 5.75 Å². The van der Waals surface area contributed by atoms with E-state index in [0.29, 0.717) is 6.54 Å². The summed E-state index contributed by atoms with van der Waals surface area (Å²) in [5, 5.41) is 11.0. The molecule has 0 saturated heterocycles. The summed E-state index contributed by atoms with van der Waals surface area (Å²) in [5.74, 6) is 0.723. The van der Waals surface area contributed by atoms with Crippen molar-refractivity contribution in [3.63, 3.8) is 0 Å². The van der Waals surface area contributed by atoms with Crippen LogP contribution in [0.1, 0.15) is 5.56 Å². The molecule has 0 amide bonds. The molecule has 22 heavy (non-hydrogen) atoms. The Kier molecular flexibility index (Phi) is 4.04. The molecule has 3 heteroatoms. The van der Waals surface area contributed by atoms with Crippen LogP contribution in [0.15, 0.2) is 60.7 Å². The minimum Gasteiger partial charge on any atom is -0.478 e. The lowest BCUT2D eigenvalue weighted by atomic mass is 9.96. The van der Waals surface area contributed by atoms with E-state index in [1.807, 2.05) is 54.6 Å². The maximum Gasteiger partial charge on any atom is 0.174 e. The largest absolute Gasteiger partial charge is 0.478 e. The average molecular weight is 288 g/mol. The number of nitrogens with zero attached hydrogens (tertiary/aromatic N) is 1. The minimum absolute atomic E-state index is 0.0340. The van der Waals surface area contributed by atoms with E-state index in [1.165, 1.54) is 0 Å². The molecule has 0 aliphatic carbocycles. The van der Waals surface area contributed by atoms with Gasteiger partial charge in [0.25, 0.3) is 0 Å². The zero-order chi connectivity index (χ0) is 15.4. The summed E-state index contributed by atoms with van der Waals surface area (Å²) >= 11 is 0. The predicted octanol–water partition coefficient (Wildman–Crippen LogP) is 3.87. The smallest absolute Gasteiger partial charge is 0.174 e. The highest BCUT2D eigenvalue weighted by Gasteiger charge is 2.11. The van der Waals surface area contributed by atoms with Crippen LogP contribution in [0.4, 0.5) is 0 Å². The predicted molar refractivity (Wildman–Crippen MR) is 88.4 cm³/mol. The molecule has 0 heterocycles. The SMILES string of the molecule is N#CCOc1ccc2cc(CN)ccc2c1-c1ccccc1. The van der Waals surface area contributed by atoms with Gasteiger partial charge in [-0.25, -0.2) is 0 Å². The fraction of sp³-hybridized carbons (Fsp3) is 0.105. The van der Waals surface area contributed by atoms with E-state index in [0.717, 1.165) is 33.2 Å². The van der Waals surface area contributed by atoms with Crippen LogP contribution in [-0.4, -0.2) is 6.61 Å². The van der Waals surface area contributed by atoms with Crippen molar-refractivity contribution in [3.8, 4) is 22.9 Å². The summed E-state index contributed by atoms with van der Waals surface area (Å²) in [6.07, 6.45) is 0. The van der Waals surface area contributed by atoms with Crippen LogP contribution in [-0.2, 0) is 6.54 Å². The third kappa shape index (κ3) is 2.65. The molecule has 0 radical (unpaired) electrons. The average Bonchev–Trinajstić information content (AvgIpc) is 2.59. The Morgan fingerprint density at radius 1 is 1.00 bits per heavy atom. The van der Waals surface area contributed by atoms with Gasteiger partial charge in [-0.2, -0.15) is 5.26 Å². The summed E-state index contributed by atoms with van der Waals surface area (Å²) in [6.45, 7) is 0.551. The van der Waals surface area contributed by atoms with Gasteiger partial charge in [0, 0.05) is 12.1 Å². The third-order valence-corrected chi connectivity index (χ3v) is 3.64. The molecular weight excluding hydrogens is 272 g/mol. The first kappa shape index (κ1) is 14.1. The lowest BCUT2D eigenvalue weighted by Gasteiger charge is -2.14. The first-order valence-electron chi connectivity index (χ1n) is 7.14. The molecule has 3 aromatic rings. The van der Waals surface area contributed by atoms with Gasteiger partial charge in [-0.15, -0.1) is 0 Å². The van der Waals surface area contributed by atoms with Crippen LogP contribution < -0.4 is 10.5 Å². The maximum atomic E-state index is 8.78. The zero-order valence-electron chi connectivity index (χ0n) is 12.1. The van der Waals surface area contributed by atoms with Crippen molar-refractivity contribution in [2.75, 3.05) is 6.61 Å². The lowest BCUT2D eigenvalue weighted by molar-refractivity contribution is 0.370. The van der Waals surface area contributed by atoms with Crippen molar-refractivity contribution in [2.24, 2.45) is 5.73 Å². The van der Waals surface area contributed by atoms with Crippen molar-refractivity contribution in [3.05, 3.63) is 66.2 Å². The van der Waals surface area contributed by atoms with E-state index < -0.39 is 0 Å². The van der Waals surface area contributed by atoms with Crippen LogP contribution in [0, 0.1) is 11.3 Å². The van der Waals surface area contributed by atoms with Gasteiger partial charge in [0.05, 0.1) is 0 Å². The van der Waals surface area contributed by atoms with Gasteiger partial charge in [-0.1, -0.05) is 48.5 Å². The number of fused-ring (bicyclic) bond motifs is 1. The molecule has 0 aliphatic rings. The number of hydrogen-bond acceptors (Lipinski definition) is 3. The van der Waals surface area contributed by atoms with E-state index in [-0.39, 0.29) is 6.61 Å². The number of ether oxygens (including phenoxy) is 1. The van der Waals surface area contributed by atoms with Gasteiger partial charge in [0.15, 0.2) is 6.61 Å². The van der Waals surface area contributed by atoms with Crippen LogP contribution in [0.25, 0.3) is 21.9 Å². The topological polar surface area (TPSA) is 59.0 Å². The van der Waals surface area contributed by atoms with Gasteiger partial charge in [0.1, 0.15) is 11.8 Å². The van der Waals surface area contributed by atoms with Gasteiger partial charge in [-0.05, 0) is 34.0 Å². The molecule has 3 rings (SSSR count). The molecule has 3 aromatic carbocycles. The Morgan fingerprint density at radius 3 is 2.55 bits per heavy atom. The van der Waals surface area contributed by atoms with Crippen molar-refractivity contribution in [1.82, 2.24) is 0 Å². The Hall–Kier alpha value is -2.83. The second-order valence-electron chi connectivity index (χ2n) is 5.01. The molecule has 2 N–H and O–H groups in total. The zero-order valence-corrected chi connectivity index (χ0v) is 12.1. The van der Waals surface area contributed by atoms with Gasteiger partial charge in [-0.3, -0.25) is 0 Å². The molecule has 0 aromatic heterocycles. The van der Waals surface area contributed by atoms with Crippen LogP contribution in [0.3, 0.4) is 0 Å². The molecule has 0 bridgehead atoms. The third-order valence-electron chi connectivity index (χ3n) is 3.64. The van der Waals surface area contributed by atoms with E-state index in [4.69, 9.17) is 15.7 Å². The van der Waals surface area contributed by atoms with E-state index >= 15 is 0 Å². The maximum absolute atomic E-state index is 8.78. The summed E-state index contributed by atoms with van der Waals surface area (Å²) in [7, 11) is 0. The monoisotopic (exact) mass is 288 g/mol. The summed E-state index contributed by atoms with van der Waals surface area (Å²) in [4.78, 5) is 0. The Balaban J connectivity index is 2.25. The lowest BCUT2D eigenvalue weighted by Crippen LogP contribution is -1.98. The first-order chi connectivity index (χ1) is 10.8. The van der Waals surface area contributed by atoms with Crippen molar-refractivity contribution in [2.45, 2.75) is 6.54 Å². The Morgan fingerprint density at radius 2 is 1.82 bits per heavy atom. The van der Waals surface area contributed by atoms with E-state index in [1.54, 1.807) is 0 Å². The van der Waals surface area contributed by atoms with Crippen molar-refractivity contribution in [1.29, 1.82) is 5.26 Å². The molecule has 0 unspecified atom stereocenters. The second-order valence-corrected chi connectivity index (χ2v) is 5.01. The molecule has 108 valence electrons. The van der Waals surface area contributed by atoms with E-state index in [2.05, 4.69) is 12.1 Å². The summed E-state index contributed by atoms with van der Waals surface area (Å²) < 4.78 is 5.62. The van der Waals surface area contributed by atoms with Gasteiger partial charge >= 0.3 is 0 Å². The molecule has 0 atom stereocenters. The van der Waals surface area contributed by atoms with Crippen LogP contribution in [0.2, 0.25) is 0 Å². The highest BCUT2D eigenvalue weighted by molar-refractivity contribution is 6.00. The Labute approximate surface area is 129 Å². The van der Waals surface area contributed by atoms with Crippen molar-refractivity contribution < 1.29 is 4.74 Å². The van der Waals surface area contributed by atoms with E-state index in [9.17, 15) is 0 Å². The Bertz CT molecular complexity index is 835. The van der Waals surface area contributed by atoms with Crippen molar-refractivity contribution >= 4 is 10.8 Å².